The van der Waals surface area contributed by atoms with Crippen LogP contribution in [0.2, 0.25) is 0 Å². The highest BCUT2D eigenvalue weighted by Gasteiger charge is 2.44. The summed E-state index contributed by atoms with van der Waals surface area (Å²) < 4.78 is 12.0. The van der Waals surface area contributed by atoms with E-state index in [0.29, 0.717) is 5.41 Å². The molecule has 1 saturated carbocycles. The Bertz CT molecular complexity index is 237. The van der Waals surface area contributed by atoms with Crippen molar-refractivity contribution in [3.05, 3.63) is 0 Å². The normalized spacial score (nSPS) is 30.9. The predicted molar refractivity (Wildman–Crippen MR) is 69.9 cm³/mol. The Labute approximate surface area is 106 Å². The van der Waals surface area contributed by atoms with Crippen LogP contribution in [0.15, 0.2) is 0 Å². The Morgan fingerprint density at radius 2 is 1.82 bits per heavy atom. The Morgan fingerprint density at radius 1 is 1.12 bits per heavy atom. The van der Waals surface area contributed by atoms with Gasteiger partial charge >= 0.3 is 0 Å². The minimum absolute atomic E-state index is 0.0859. The van der Waals surface area contributed by atoms with Crippen LogP contribution in [0.3, 0.4) is 0 Å². The first-order valence-corrected chi connectivity index (χ1v) is 7.35. The van der Waals surface area contributed by atoms with Gasteiger partial charge in [-0.2, -0.15) is 0 Å². The van der Waals surface area contributed by atoms with Crippen LogP contribution < -0.4 is 0 Å². The topological polar surface area (TPSA) is 18.5 Å². The van der Waals surface area contributed by atoms with Crippen molar-refractivity contribution in [3.63, 3.8) is 0 Å². The summed E-state index contributed by atoms with van der Waals surface area (Å²) in [7, 11) is 0. The van der Waals surface area contributed by atoms with E-state index in [4.69, 9.17) is 9.47 Å². The molecule has 2 rings (SSSR count). The van der Waals surface area contributed by atoms with E-state index in [1.165, 1.54) is 38.5 Å². The molecule has 0 radical (unpaired) electrons. The smallest absolute Gasteiger partial charge is 0.158 e. The lowest BCUT2D eigenvalue weighted by molar-refractivity contribution is -0.182. The second kappa shape index (κ2) is 5.27. The van der Waals surface area contributed by atoms with Gasteiger partial charge in [-0.1, -0.05) is 27.2 Å². The van der Waals surface area contributed by atoms with Gasteiger partial charge in [-0.3, -0.25) is 0 Å². The summed E-state index contributed by atoms with van der Waals surface area (Å²) in [4.78, 5) is 0. The fourth-order valence-electron chi connectivity index (χ4n) is 3.00. The van der Waals surface area contributed by atoms with E-state index in [2.05, 4.69) is 20.8 Å². The Kier molecular flexibility index (Phi) is 4.14. The van der Waals surface area contributed by atoms with E-state index in [-0.39, 0.29) is 11.9 Å². The standard InChI is InChI=1S/C15H28O2/c1-4-5-12-16-13-6-7-15(17-13)10-8-14(2,3)9-11-15/h13H,4-12H2,1-3H3. The first-order valence-electron chi connectivity index (χ1n) is 7.35. The fraction of sp³-hybridized carbons (Fsp3) is 1.00. The Morgan fingerprint density at radius 3 is 2.47 bits per heavy atom. The molecule has 1 heterocycles. The molecule has 0 aromatic carbocycles. The molecule has 0 aromatic heterocycles. The minimum Gasteiger partial charge on any atom is -0.353 e. The Hall–Kier alpha value is -0.0800. The highest BCUT2D eigenvalue weighted by atomic mass is 16.7. The number of hydrogen-bond donors (Lipinski definition) is 0. The molecular weight excluding hydrogens is 212 g/mol. The zero-order valence-corrected chi connectivity index (χ0v) is 11.8. The van der Waals surface area contributed by atoms with Crippen molar-refractivity contribution in [2.45, 2.75) is 84.0 Å². The average molecular weight is 240 g/mol. The van der Waals surface area contributed by atoms with Gasteiger partial charge in [-0.05, 0) is 43.9 Å². The molecule has 100 valence electrons. The van der Waals surface area contributed by atoms with Crippen LogP contribution in [-0.2, 0) is 9.47 Å². The molecule has 1 unspecified atom stereocenters. The third-order valence-corrected chi connectivity index (χ3v) is 4.53. The van der Waals surface area contributed by atoms with Crippen molar-refractivity contribution >= 4 is 0 Å². The SMILES string of the molecule is CCCCOC1CCC2(CCC(C)(C)CC2)O1. The van der Waals surface area contributed by atoms with E-state index in [0.717, 1.165) is 19.4 Å². The highest BCUT2D eigenvalue weighted by Crippen LogP contribution is 2.47. The summed E-state index contributed by atoms with van der Waals surface area (Å²) >= 11 is 0. The molecule has 1 aliphatic heterocycles. The summed E-state index contributed by atoms with van der Waals surface area (Å²) in [6, 6.07) is 0. The number of unbranched alkanes of at least 4 members (excludes halogenated alkanes) is 1. The molecule has 2 nitrogen and oxygen atoms in total. The van der Waals surface area contributed by atoms with E-state index < -0.39 is 0 Å². The lowest BCUT2D eigenvalue weighted by Crippen LogP contribution is -2.37. The summed E-state index contributed by atoms with van der Waals surface area (Å²) in [6.07, 6.45) is 9.81. The maximum atomic E-state index is 6.21. The van der Waals surface area contributed by atoms with E-state index >= 15 is 0 Å². The molecule has 2 fully saturated rings. The van der Waals surface area contributed by atoms with Crippen molar-refractivity contribution < 1.29 is 9.47 Å². The second-order valence-corrected chi connectivity index (χ2v) is 6.66. The number of rotatable bonds is 4. The van der Waals surface area contributed by atoms with Crippen LogP contribution in [-0.4, -0.2) is 18.5 Å². The summed E-state index contributed by atoms with van der Waals surface area (Å²) in [5.41, 5.74) is 0.697. The number of hydrogen-bond acceptors (Lipinski definition) is 2. The molecule has 1 atom stereocenters. The molecule has 1 aliphatic carbocycles. The van der Waals surface area contributed by atoms with Crippen LogP contribution in [0.25, 0.3) is 0 Å². The average Bonchev–Trinajstić information content (AvgIpc) is 2.68. The van der Waals surface area contributed by atoms with Gasteiger partial charge in [-0.25, -0.2) is 0 Å². The maximum absolute atomic E-state index is 6.21. The van der Waals surface area contributed by atoms with Crippen LogP contribution >= 0.6 is 0 Å². The molecule has 0 N–H and O–H groups in total. The zero-order chi connectivity index (χ0) is 12.4. The van der Waals surface area contributed by atoms with Crippen molar-refractivity contribution in [1.29, 1.82) is 0 Å². The predicted octanol–water partition coefficient (Wildman–Crippen LogP) is 4.28. The van der Waals surface area contributed by atoms with Crippen molar-refractivity contribution in [1.82, 2.24) is 0 Å². The molecule has 1 spiro atoms. The molecule has 1 saturated heterocycles. The first kappa shape index (κ1) is 13.4. The van der Waals surface area contributed by atoms with Gasteiger partial charge in [0.1, 0.15) is 0 Å². The van der Waals surface area contributed by atoms with Gasteiger partial charge in [0.15, 0.2) is 6.29 Å². The lowest BCUT2D eigenvalue weighted by Gasteiger charge is -2.40. The number of ether oxygens (including phenoxy) is 2. The van der Waals surface area contributed by atoms with Gasteiger partial charge in [0.2, 0.25) is 0 Å². The minimum atomic E-state index is 0.0859. The second-order valence-electron chi connectivity index (χ2n) is 6.66. The first-order chi connectivity index (χ1) is 8.05. The van der Waals surface area contributed by atoms with Crippen molar-refractivity contribution in [3.8, 4) is 0 Å². The largest absolute Gasteiger partial charge is 0.353 e. The fourth-order valence-corrected chi connectivity index (χ4v) is 3.00. The quantitative estimate of drug-likeness (QED) is 0.683. The summed E-state index contributed by atoms with van der Waals surface area (Å²) in [6.45, 7) is 7.82. The third kappa shape index (κ3) is 3.45. The molecular formula is C15H28O2. The molecule has 2 heteroatoms. The van der Waals surface area contributed by atoms with Crippen LogP contribution in [0.5, 0.6) is 0 Å². The van der Waals surface area contributed by atoms with Crippen LogP contribution in [0, 0.1) is 5.41 Å². The monoisotopic (exact) mass is 240 g/mol. The van der Waals surface area contributed by atoms with Crippen LogP contribution in [0.1, 0.15) is 72.1 Å². The van der Waals surface area contributed by atoms with E-state index in [9.17, 15) is 0 Å². The van der Waals surface area contributed by atoms with Gasteiger partial charge < -0.3 is 9.47 Å². The maximum Gasteiger partial charge on any atom is 0.158 e. The molecule has 0 bridgehead atoms. The van der Waals surface area contributed by atoms with Crippen molar-refractivity contribution in [2.24, 2.45) is 5.41 Å². The third-order valence-electron chi connectivity index (χ3n) is 4.53. The van der Waals surface area contributed by atoms with Gasteiger partial charge in [0.05, 0.1) is 5.60 Å². The van der Waals surface area contributed by atoms with Crippen LogP contribution in [0.4, 0.5) is 0 Å². The highest BCUT2D eigenvalue weighted by molar-refractivity contribution is 4.93. The van der Waals surface area contributed by atoms with Gasteiger partial charge in [0.25, 0.3) is 0 Å². The van der Waals surface area contributed by atoms with Gasteiger partial charge in [-0.15, -0.1) is 0 Å². The molecule has 17 heavy (non-hydrogen) atoms. The Balaban J connectivity index is 1.77. The molecule has 0 amide bonds. The molecule has 0 aromatic rings. The lowest BCUT2D eigenvalue weighted by atomic mass is 9.70. The van der Waals surface area contributed by atoms with Gasteiger partial charge in [0, 0.05) is 13.0 Å². The van der Waals surface area contributed by atoms with E-state index in [1.54, 1.807) is 0 Å². The summed E-state index contributed by atoms with van der Waals surface area (Å²) in [5.74, 6) is 0. The van der Waals surface area contributed by atoms with Crippen molar-refractivity contribution in [2.75, 3.05) is 6.61 Å². The van der Waals surface area contributed by atoms with E-state index in [1.807, 2.05) is 0 Å². The summed E-state index contributed by atoms with van der Waals surface area (Å²) in [5, 5.41) is 0. The molecule has 2 aliphatic rings. The zero-order valence-electron chi connectivity index (χ0n) is 11.8.